The fourth-order valence-corrected chi connectivity index (χ4v) is 4.76. The maximum atomic E-state index is 13.5. The minimum Gasteiger partial charge on any atom is -0.587 e. The van der Waals surface area contributed by atoms with E-state index >= 15 is 0 Å². The molecule has 0 spiro atoms. The summed E-state index contributed by atoms with van der Waals surface area (Å²) in [7, 11) is 3.04. The van der Waals surface area contributed by atoms with Crippen molar-refractivity contribution in [3.05, 3.63) is 77.3 Å². The molecule has 3 aromatic rings. The first-order valence-electron chi connectivity index (χ1n) is 9.12. The van der Waals surface area contributed by atoms with E-state index in [0.717, 1.165) is 5.56 Å². The van der Waals surface area contributed by atoms with Crippen LogP contribution < -0.4 is 18.7 Å². The average Bonchev–Trinajstić information content (AvgIpc) is 2.77. The minimum atomic E-state index is -1.74. The molecule has 0 saturated heterocycles. The Bertz CT molecular complexity index is 1070. The van der Waals surface area contributed by atoms with Gasteiger partial charge in [0.25, 0.3) is 0 Å². The fraction of sp³-hybridized carbons (Fsp3) is 0.136. The summed E-state index contributed by atoms with van der Waals surface area (Å²) in [6, 6.07) is 19.1. The Morgan fingerprint density at radius 1 is 0.967 bits per heavy atom. The lowest BCUT2D eigenvalue weighted by molar-refractivity contribution is 0.253. The number of hydrogen-bond acceptors (Lipinski definition) is 4. The molecule has 1 unspecified atom stereocenters. The van der Waals surface area contributed by atoms with Crippen LogP contribution in [0, 0.1) is 0 Å². The Kier molecular flexibility index (Phi) is 5.76. The van der Waals surface area contributed by atoms with Gasteiger partial charge in [0.1, 0.15) is 34.2 Å². The molecule has 0 aromatic heterocycles. The standard InChI is InChI=1S/C22H19ClN2O4S/c1-28-17-11-16(12-18(13-17)29-2)25-22(26)24(14-15-7-3-4-8-19(15)23)20-9-5-6-10-21(20)30(25)27/h3-13H,14H2,1-2H3. The molecule has 1 atom stereocenters. The number of nitrogens with zero attached hydrogens (tertiary/aromatic N) is 2. The highest BCUT2D eigenvalue weighted by Crippen LogP contribution is 2.40. The second-order valence-electron chi connectivity index (χ2n) is 6.54. The molecule has 30 heavy (non-hydrogen) atoms. The number of anilines is 2. The molecule has 0 aliphatic carbocycles. The van der Waals surface area contributed by atoms with Crippen molar-refractivity contribution in [1.82, 2.24) is 0 Å². The molecular formula is C22H19ClN2O4S. The number of carbonyl (C=O) groups excluding carboxylic acids is 1. The Labute approximate surface area is 182 Å². The van der Waals surface area contributed by atoms with Crippen molar-refractivity contribution < 1.29 is 18.8 Å². The number of hydrogen-bond donors (Lipinski definition) is 0. The van der Waals surface area contributed by atoms with Gasteiger partial charge in [-0.25, -0.2) is 4.79 Å². The molecule has 154 valence electrons. The topological polar surface area (TPSA) is 65.1 Å². The lowest BCUT2D eigenvalue weighted by Gasteiger charge is -2.36. The van der Waals surface area contributed by atoms with Crippen LogP contribution >= 0.6 is 11.6 Å². The van der Waals surface area contributed by atoms with Crippen LogP contribution in [0.4, 0.5) is 16.2 Å². The second kappa shape index (κ2) is 8.47. The molecule has 4 rings (SSSR count). The summed E-state index contributed by atoms with van der Waals surface area (Å²) in [5, 5.41) is 0.559. The number of fused-ring (bicyclic) bond motifs is 1. The number of para-hydroxylation sites is 1. The number of benzene rings is 3. The van der Waals surface area contributed by atoms with E-state index in [2.05, 4.69) is 0 Å². The number of urea groups is 1. The van der Waals surface area contributed by atoms with Crippen molar-refractivity contribution in [3.8, 4) is 11.5 Å². The molecule has 8 heteroatoms. The summed E-state index contributed by atoms with van der Waals surface area (Å²) in [5.41, 5.74) is 1.79. The SMILES string of the molecule is COc1cc(OC)cc(N2C(=O)N(Cc3ccccc3Cl)c3ccccc3[S+]2[O-])c1. The molecule has 0 radical (unpaired) electrons. The van der Waals surface area contributed by atoms with Gasteiger partial charge in [-0.05, 0) is 23.8 Å². The molecule has 1 heterocycles. The summed E-state index contributed by atoms with van der Waals surface area (Å²) >= 11 is 4.59. The molecule has 1 aliphatic heterocycles. The van der Waals surface area contributed by atoms with E-state index in [0.29, 0.717) is 32.8 Å². The van der Waals surface area contributed by atoms with Crippen molar-refractivity contribution in [2.45, 2.75) is 11.4 Å². The van der Waals surface area contributed by atoms with Crippen LogP contribution in [0.15, 0.2) is 71.6 Å². The van der Waals surface area contributed by atoms with E-state index in [9.17, 15) is 9.35 Å². The van der Waals surface area contributed by atoms with E-state index in [1.807, 2.05) is 24.3 Å². The Morgan fingerprint density at radius 3 is 2.27 bits per heavy atom. The maximum absolute atomic E-state index is 13.5. The molecule has 0 bridgehead atoms. The Morgan fingerprint density at radius 2 is 1.60 bits per heavy atom. The monoisotopic (exact) mass is 442 g/mol. The van der Waals surface area contributed by atoms with E-state index in [1.165, 1.54) is 18.5 Å². The lowest BCUT2D eigenvalue weighted by atomic mass is 10.2. The van der Waals surface area contributed by atoms with Gasteiger partial charge >= 0.3 is 6.03 Å². The van der Waals surface area contributed by atoms with Crippen molar-refractivity contribution >= 4 is 40.4 Å². The van der Waals surface area contributed by atoms with E-state index in [-0.39, 0.29) is 6.54 Å². The van der Waals surface area contributed by atoms with Crippen molar-refractivity contribution in [1.29, 1.82) is 0 Å². The van der Waals surface area contributed by atoms with Gasteiger partial charge in [-0.1, -0.05) is 41.9 Å². The van der Waals surface area contributed by atoms with Crippen LogP contribution in [0.5, 0.6) is 11.5 Å². The van der Waals surface area contributed by atoms with E-state index < -0.39 is 17.4 Å². The summed E-state index contributed by atoms with van der Waals surface area (Å²) in [4.78, 5) is 15.7. The van der Waals surface area contributed by atoms with Gasteiger partial charge in [0.15, 0.2) is 0 Å². The predicted octanol–water partition coefficient (Wildman–Crippen LogP) is 5.03. The number of ether oxygens (including phenoxy) is 2. The van der Waals surface area contributed by atoms with Crippen LogP contribution in [0.3, 0.4) is 0 Å². The first-order chi connectivity index (χ1) is 14.5. The molecule has 0 N–H and O–H groups in total. The smallest absolute Gasteiger partial charge is 0.371 e. The highest BCUT2D eigenvalue weighted by Gasteiger charge is 2.43. The van der Waals surface area contributed by atoms with Crippen LogP contribution in [0.2, 0.25) is 5.02 Å². The van der Waals surface area contributed by atoms with Gasteiger partial charge < -0.3 is 14.0 Å². The lowest BCUT2D eigenvalue weighted by Crippen LogP contribution is -2.50. The molecular weight excluding hydrogens is 424 g/mol. The average molecular weight is 443 g/mol. The van der Waals surface area contributed by atoms with E-state index in [1.54, 1.807) is 47.4 Å². The number of methoxy groups -OCH3 is 2. The largest absolute Gasteiger partial charge is 0.587 e. The quantitative estimate of drug-likeness (QED) is 0.520. The number of halogens is 1. The Balaban J connectivity index is 1.82. The number of carbonyl (C=O) groups is 1. The number of rotatable bonds is 5. The van der Waals surface area contributed by atoms with Crippen LogP contribution in [0.1, 0.15) is 5.56 Å². The Hall–Kier alpha value is -2.87. The molecule has 1 aliphatic rings. The number of amides is 2. The summed E-state index contributed by atoms with van der Waals surface area (Å²) < 4.78 is 25.3. The summed E-state index contributed by atoms with van der Waals surface area (Å²) in [6.45, 7) is 0.240. The molecule has 0 saturated carbocycles. The summed E-state index contributed by atoms with van der Waals surface area (Å²) in [5.74, 6) is 0.983. The fourth-order valence-electron chi connectivity index (χ4n) is 3.28. The zero-order valence-corrected chi connectivity index (χ0v) is 17.9. The predicted molar refractivity (Wildman–Crippen MR) is 118 cm³/mol. The third-order valence-corrected chi connectivity index (χ3v) is 6.56. The van der Waals surface area contributed by atoms with Gasteiger partial charge in [0.2, 0.25) is 4.90 Å². The van der Waals surface area contributed by atoms with Gasteiger partial charge in [0, 0.05) is 23.2 Å². The van der Waals surface area contributed by atoms with Gasteiger partial charge in [-0.15, -0.1) is 4.31 Å². The van der Waals surface area contributed by atoms with Crippen molar-refractivity contribution in [2.75, 3.05) is 23.4 Å². The van der Waals surface area contributed by atoms with Crippen molar-refractivity contribution in [2.24, 2.45) is 0 Å². The third kappa shape index (κ3) is 3.67. The summed E-state index contributed by atoms with van der Waals surface area (Å²) in [6.07, 6.45) is 0. The second-order valence-corrected chi connectivity index (χ2v) is 8.25. The van der Waals surface area contributed by atoms with Gasteiger partial charge in [-0.3, -0.25) is 4.90 Å². The molecule has 6 nitrogen and oxygen atoms in total. The van der Waals surface area contributed by atoms with Gasteiger partial charge in [-0.2, -0.15) is 0 Å². The minimum absolute atomic E-state index is 0.240. The van der Waals surface area contributed by atoms with Crippen LogP contribution in [-0.4, -0.2) is 24.8 Å². The van der Waals surface area contributed by atoms with Crippen molar-refractivity contribution in [3.63, 3.8) is 0 Å². The normalized spacial score (nSPS) is 15.7. The highest BCUT2D eigenvalue weighted by atomic mass is 35.5. The first-order valence-corrected chi connectivity index (χ1v) is 10.6. The highest BCUT2D eigenvalue weighted by molar-refractivity contribution is 7.94. The first kappa shape index (κ1) is 20.4. The zero-order chi connectivity index (χ0) is 21.3. The zero-order valence-electron chi connectivity index (χ0n) is 16.4. The van der Waals surface area contributed by atoms with Crippen LogP contribution in [0.25, 0.3) is 0 Å². The van der Waals surface area contributed by atoms with Gasteiger partial charge in [0.05, 0.1) is 20.8 Å². The molecule has 2 amide bonds. The third-order valence-electron chi connectivity index (χ3n) is 4.77. The maximum Gasteiger partial charge on any atom is 0.371 e. The molecule has 3 aromatic carbocycles. The van der Waals surface area contributed by atoms with Crippen LogP contribution in [-0.2, 0) is 17.9 Å². The molecule has 0 fully saturated rings. The van der Waals surface area contributed by atoms with E-state index in [4.69, 9.17) is 21.1 Å².